The summed E-state index contributed by atoms with van der Waals surface area (Å²) >= 11 is 0. The van der Waals surface area contributed by atoms with Crippen molar-refractivity contribution in [2.75, 3.05) is 26.8 Å². The van der Waals surface area contributed by atoms with Gasteiger partial charge >= 0.3 is 6.03 Å². The molecule has 0 spiro atoms. The molecule has 2 fully saturated rings. The zero-order valence-corrected chi connectivity index (χ0v) is 22.7. The Labute approximate surface area is 233 Å². The number of aryl methyl sites for hydroxylation is 1. The normalized spacial score (nSPS) is 20.5. The second-order valence-corrected chi connectivity index (χ2v) is 10.5. The van der Waals surface area contributed by atoms with Gasteiger partial charge in [0.1, 0.15) is 5.69 Å². The van der Waals surface area contributed by atoms with E-state index in [2.05, 4.69) is 25.8 Å². The third kappa shape index (κ3) is 6.14. The van der Waals surface area contributed by atoms with Crippen molar-refractivity contribution in [3.63, 3.8) is 0 Å². The average molecular weight is 581 g/mol. The molecule has 3 amide bonds. The molecular weight excluding hydrogens is 548 g/mol. The molecule has 2 N–H and O–H groups in total. The smallest absolute Gasteiger partial charge is 0.318 e. The minimum Gasteiger partial charge on any atom is -0.382 e. The first-order chi connectivity index (χ1) is 19.5. The van der Waals surface area contributed by atoms with E-state index in [1.165, 1.54) is 28.7 Å². The number of methoxy groups -OCH3 is 1. The Kier molecular flexibility index (Phi) is 7.90. The highest BCUT2D eigenvalue weighted by atomic mass is 19.3. The van der Waals surface area contributed by atoms with Crippen molar-refractivity contribution in [3.05, 3.63) is 47.7 Å². The molecule has 3 aromatic heterocycles. The third-order valence-corrected chi connectivity index (χ3v) is 7.69. The van der Waals surface area contributed by atoms with E-state index >= 15 is 0 Å². The maximum absolute atomic E-state index is 14.2. The number of amides is 3. The van der Waals surface area contributed by atoms with Crippen LogP contribution in [0.4, 0.5) is 22.4 Å². The van der Waals surface area contributed by atoms with Crippen LogP contribution in [0.2, 0.25) is 0 Å². The van der Waals surface area contributed by atoms with Crippen LogP contribution in [-0.2, 0) is 11.3 Å². The van der Waals surface area contributed by atoms with Crippen LogP contribution in [-0.4, -0.2) is 79.9 Å². The number of alkyl halides is 4. The summed E-state index contributed by atoms with van der Waals surface area (Å²) in [6.07, 6.45) is 4.34. The Morgan fingerprint density at radius 1 is 1.22 bits per heavy atom. The van der Waals surface area contributed by atoms with Crippen LogP contribution >= 0.6 is 0 Å². The highest BCUT2D eigenvalue weighted by Crippen LogP contribution is 2.41. The molecular formula is C26H32F4N8O3. The van der Waals surface area contributed by atoms with Gasteiger partial charge in [-0.05, 0) is 37.8 Å². The Morgan fingerprint density at radius 2 is 1.98 bits per heavy atom. The minimum absolute atomic E-state index is 0.0605. The summed E-state index contributed by atoms with van der Waals surface area (Å²) in [5.41, 5.74) is 1.52. The zero-order valence-electron chi connectivity index (χ0n) is 22.7. The predicted octanol–water partition coefficient (Wildman–Crippen LogP) is 3.59. The molecule has 0 radical (unpaired) electrons. The number of halogens is 4. The number of carbonyl (C=O) groups excluding carboxylic acids is 2. The van der Waals surface area contributed by atoms with Gasteiger partial charge in [-0.25, -0.2) is 31.9 Å². The molecule has 2 aliphatic rings. The largest absolute Gasteiger partial charge is 0.382 e. The number of nitrogens with zero attached hydrogens (tertiary/aromatic N) is 6. The van der Waals surface area contributed by atoms with Gasteiger partial charge in [0.15, 0.2) is 5.65 Å². The number of ether oxygens (including phenoxy) is 1. The van der Waals surface area contributed by atoms with Crippen molar-refractivity contribution < 1.29 is 31.9 Å². The lowest BCUT2D eigenvalue weighted by Gasteiger charge is -2.38. The lowest BCUT2D eigenvalue weighted by atomic mass is 9.81. The van der Waals surface area contributed by atoms with Gasteiger partial charge < -0.3 is 20.3 Å². The number of urea groups is 1. The number of aromatic nitrogens is 5. The Balaban J connectivity index is 1.47. The van der Waals surface area contributed by atoms with Gasteiger partial charge in [-0.15, -0.1) is 0 Å². The standard InChI is InChI=1S/C26H32F4N8O3/c1-3-37-19(6-9-32-37)23(39)35-22(16-4-7-25(27,28)8-5-16)18-12-38-21(34-18)10-17(11-33-38)20(13-41-2)36-15-26(29,30)14-31-24(36)40/h6,9-12,16,20,22H,3-5,7-8,13-15H2,1-2H3,(H,31,40)(H,35,39)/t20-,22+/m1/s1. The maximum Gasteiger partial charge on any atom is 0.318 e. The summed E-state index contributed by atoms with van der Waals surface area (Å²) in [7, 11) is 1.40. The van der Waals surface area contributed by atoms with E-state index in [1.807, 2.05) is 6.92 Å². The predicted molar refractivity (Wildman–Crippen MR) is 138 cm³/mol. The van der Waals surface area contributed by atoms with Crippen LogP contribution in [0.3, 0.4) is 0 Å². The quantitative estimate of drug-likeness (QED) is 0.374. The molecule has 1 aliphatic carbocycles. The summed E-state index contributed by atoms with van der Waals surface area (Å²) in [6.45, 7) is 0.728. The minimum atomic E-state index is -3.12. The molecule has 2 atom stereocenters. The van der Waals surface area contributed by atoms with Crippen molar-refractivity contribution in [3.8, 4) is 0 Å². The first kappa shape index (κ1) is 28.8. The molecule has 41 heavy (non-hydrogen) atoms. The number of nitrogens with one attached hydrogen (secondary N) is 2. The molecule has 5 rings (SSSR count). The van der Waals surface area contributed by atoms with Crippen LogP contribution in [0.1, 0.15) is 66.4 Å². The molecule has 1 saturated carbocycles. The van der Waals surface area contributed by atoms with Gasteiger partial charge in [0, 0.05) is 38.3 Å². The number of carbonyl (C=O) groups is 2. The van der Waals surface area contributed by atoms with Crippen molar-refractivity contribution in [1.82, 2.24) is 39.9 Å². The van der Waals surface area contributed by atoms with Crippen molar-refractivity contribution in [2.24, 2.45) is 5.92 Å². The van der Waals surface area contributed by atoms with Crippen LogP contribution < -0.4 is 10.6 Å². The van der Waals surface area contributed by atoms with Gasteiger partial charge in [-0.1, -0.05) is 0 Å². The second kappa shape index (κ2) is 11.3. The topological polar surface area (TPSA) is 119 Å². The fraction of sp³-hybridized carbons (Fsp3) is 0.577. The van der Waals surface area contributed by atoms with Gasteiger partial charge in [0.25, 0.3) is 11.8 Å². The lowest BCUT2D eigenvalue weighted by Crippen LogP contribution is -2.58. The summed E-state index contributed by atoms with van der Waals surface area (Å²) in [6, 6.07) is 0.989. The highest BCUT2D eigenvalue weighted by molar-refractivity contribution is 5.92. The second-order valence-electron chi connectivity index (χ2n) is 10.5. The molecule has 1 aliphatic heterocycles. The van der Waals surface area contributed by atoms with E-state index in [0.29, 0.717) is 29.1 Å². The molecule has 0 bridgehead atoms. The van der Waals surface area contributed by atoms with E-state index in [4.69, 9.17) is 4.74 Å². The van der Waals surface area contributed by atoms with Gasteiger partial charge in [0.05, 0.1) is 49.9 Å². The molecule has 1 saturated heterocycles. The number of hydrogen-bond acceptors (Lipinski definition) is 6. The summed E-state index contributed by atoms with van der Waals surface area (Å²) in [5.74, 6) is -6.58. The van der Waals surface area contributed by atoms with E-state index < -0.39 is 49.0 Å². The molecule has 222 valence electrons. The summed E-state index contributed by atoms with van der Waals surface area (Å²) in [5, 5.41) is 13.7. The van der Waals surface area contributed by atoms with E-state index in [0.717, 1.165) is 4.90 Å². The fourth-order valence-electron chi connectivity index (χ4n) is 5.52. The first-order valence-corrected chi connectivity index (χ1v) is 13.5. The SMILES string of the molecule is CCn1nccc1C(=O)N[C@H](c1cn2ncc([C@@H](COC)N3CC(F)(F)CNC3=O)cc2n1)C1CCC(F)(F)CC1. The first-order valence-electron chi connectivity index (χ1n) is 13.5. The summed E-state index contributed by atoms with van der Waals surface area (Å²) in [4.78, 5) is 31.4. The van der Waals surface area contributed by atoms with Crippen molar-refractivity contribution in [2.45, 2.75) is 63.1 Å². The van der Waals surface area contributed by atoms with E-state index in [-0.39, 0.29) is 38.2 Å². The number of hydrogen-bond donors (Lipinski definition) is 2. The molecule has 15 heteroatoms. The van der Waals surface area contributed by atoms with Crippen LogP contribution in [0, 0.1) is 5.92 Å². The summed E-state index contributed by atoms with van der Waals surface area (Å²) < 4.78 is 64.5. The molecule has 3 aromatic rings. The Morgan fingerprint density at radius 3 is 2.68 bits per heavy atom. The fourth-order valence-corrected chi connectivity index (χ4v) is 5.52. The molecule has 4 heterocycles. The third-order valence-electron chi connectivity index (χ3n) is 7.69. The number of imidazole rings is 1. The van der Waals surface area contributed by atoms with E-state index in [1.54, 1.807) is 18.3 Å². The molecule has 11 nitrogen and oxygen atoms in total. The lowest BCUT2D eigenvalue weighted by molar-refractivity contribution is -0.0510. The van der Waals surface area contributed by atoms with Gasteiger partial charge in [-0.2, -0.15) is 10.2 Å². The van der Waals surface area contributed by atoms with Crippen molar-refractivity contribution >= 4 is 17.6 Å². The highest BCUT2D eigenvalue weighted by Gasteiger charge is 2.43. The van der Waals surface area contributed by atoms with Crippen LogP contribution in [0.15, 0.2) is 30.7 Å². The van der Waals surface area contributed by atoms with Gasteiger partial charge in [0.2, 0.25) is 5.92 Å². The average Bonchev–Trinajstić information content (AvgIpc) is 3.59. The molecule has 0 unspecified atom stereocenters. The molecule has 0 aromatic carbocycles. The Hall–Kier alpha value is -3.75. The maximum atomic E-state index is 14.2. The zero-order chi connectivity index (χ0) is 29.4. The van der Waals surface area contributed by atoms with Crippen LogP contribution in [0.5, 0.6) is 0 Å². The van der Waals surface area contributed by atoms with Crippen LogP contribution in [0.25, 0.3) is 5.65 Å². The van der Waals surface area contributed by atoms with E-state index in [9.17, 15) is 27.2 Å². The van der Waals surface area contributed by atoms with Crippen molar-refractivity contribution in [1.29, 1.82) is 0 Å². The monoisotopic (exact) mass is 580 g/mol. The van der Waals surface area contributed by atoms with Gasteiger partial charge in [-0.3, -0.25) is 9.48 Å². The Bertz CT molecular complexity index is 1400. The number of fused-ring (bicyclic) bond motifs is 1. The number of rotatable bonds is 9.